The normalized spacial score (nSPS) is 13.2. The molecule has 0 radical (unpaired) electrons. The minimum Gasteiger partial charge on any atom is -0.477 e. The number of aliphatic carboxylic acids is 1. The number of nitrogens with zero attached hydrogens (tertiary/aromatic N) is 1. The average Bonchev–Trinajstić information content (AvgIpc) is 3.24. The van der Waals surface area contributed by atoms with Gasteiger partial charge >= 0.3 is 17.9 Å². The molecule has 9 nitrogen and oxygen atoms in total. The summed E-state index contributed by atoms with van der Waals surface area (Å²) >= 11 is 0. The van der Waals surface area contributed by atoms with Crippen molar-refractivity contribution in [3.63, 3.8) is 0 Å². The van der Waals surface area contributed by atoms with Crippen molar-refractivity contribution in [3.8, 4) is 0 Å². The predicted molar refractivity (Wildman–Crippen MR) is 263 cm³/mol. The molecule has 0 rings (SSSR count). The van der Waals surface area contributed by atoms with Crippen molar-refractivity contribution in [2.45, 2.75) is 232 Å². The maximum Gasteiger partial charge on any atom is 0.361 e. The lowest BCUT2D eigenvalue weighted by molar-refractivity contribution is -0.870. The summed E-state index contributed by atoms with van der Waals surface area (Å²) in [5, 5.41) is 9.67. The lowest BCUT2D eigenvalue weighted by Gasteiger charge is -2.25. The summed E-state index contributed by atoms with van der Waals surface area (Å²) in [7, 11) is 5.96. The van der Waals surface area contributed by atoms with Crippen LogP contribution in [0.15, 0.2) is 48.6 Å². The SMILES string of the molecule is CC/C=C\C/C=C\C/C=C\C/C=C\CCCCCCCCC(=O)OC(COC(=O)CCCCCCCCCCCCCCCCCCCCC)COC(OCC[N+](C)(C)C)C(=O)O. The van der Waals surface area contributed by atoms with E-state index in [1.165, 1.54) is 103 Å². The van der Waals surface area contributed by atoms with Crippen LogP contribution in [-0.2, 0) is 33.3 Å². The Morgan fingerprint density at radius 3 is 1.35 bits per heavy atom. The summed E-state index contributed by atoms with van der Waals surface area (Å²) < 4.78 is 22.8. The molecule has 0 saturated heterocycles. The van der Waals surface area contributed by atoms with Crippen LogP contribution in [0.5, 0.6) is 0 Å². The molecule has 1 N–H and O–H groups in total. The molecule has 63 heavy (non-hydrogen) atoms. The van der Waals surface area contributed by atoms with E-state index in [4.69, 9.17) is 18.9 Å². The highest BCUT2D eigenvalue weighted by molar-refractivity contribution is 5.71. The molecule has 0 aliphatic carbocycles. The van der Waals surface area contributed by atoms with Gasteiger partial charge in [-0.15, -0.1) is 0 Å². The second kappa shape index (κ2) is 45.8. The molecule has 0 saturated carbocycles. The molecule has 0 aliphatic rings. The summed E-state index contributed by atoms with van der Waals surface area (Å²) in [6.07, 6.45) is 51.7. The van der Waals surface area contributed by atoms with Gasteiger partial charge in [-0.2, -0.15) is 0 Å². The summed E-state index contributed by atoms with van der Waals surface area (Å²) in [5.74, 6) is -2.02. The van der Waals surface area contributed by atoms with Crippen LogP contribution in [0.1, 0.15) is 219 Å². The number of quaternary nitrogens is 1. The monoisotopic (exact) mass is 889 g/mol. The Morgan fingerprint density at radius 1 is 0.492 bits per heavy atom. The highest BCUT2D eigenvalue weighted by Gasteiger charge is 2.25. The van der Waals surface area contributed by atoms with Gasteiger partial charge in [0.05, 0.1) is 34.4 Å². The molecule has 0 heterocycles. The van der Waals surface area contributed by atoms with Gasteiger partial charge in [-0.1, -0.05) is 204 Å². The number of allylic oxidation sites excluding steroid dienone is 8. The van der Waals surface area contributed by atoms with Crippen molar-refractivity contribution in [1.82, 2.24) is 0 Å². The first kappa shape index (κ1) is 60.2. The Balaban J connectivity index is 4.35. The molecular weight excluding hydrogens is 791 g/mol. The van der Waals surface area contributed by atoms with Crippen molar-refractivity contribution >= 4 is 17.9 Å². The lowest BCUT2D eigenvalue weighted by atomic mass is 10.0. The maximum absolute atomic E-state index is 12.8. The molecule has 0 fully saturated rings. The number of carbonyl (C=O) groups excluding carboxylic acids is 2. The van der Waals surface area contributed by atoms with Gasteiger partial charge in [0.1, 0.15) is 13.2 Å². The first-order valence-electron chi connectivity index (χ1n) is 25.8. The quantitative estimate of drug-likeness (QED) is 0.0212. The van der Waals surface area contributed by atoms with Gasteiger partial charge in [-0.3, -0.25) is 9.59 Å². The number of likely N-dealkylation sites (N-methyl/N-ethyl adjacent to an activating group) is 1. The van der Waals surface area contributed by atoms with Crippen LogP contribution in [0, 0.1) is 0 Å². The molecule has 2 unspecified atom stereocenters. The second-order valence-corrected chi connectivity index (χ2v) is 18.5. The number of hydrogen-bond acceptors (Lipinski definition) is 7. The number of carbonyl (C=O) groups is 3. The molecule has 0 amide bonds. The highest BCUT2D eigenvalue weighted by atomic mass is 16.7. The smallest absolute Gasteiger partial charge is 0.361 e. The number of carboxylic acids is 1. The van der Waals surface area contributed by atoms with Crippen LogP contribution in [-0.4, -0.2) is 87.4 Å². The summed E-state index contributed by atoms with van der Waals surface area (Å²) in [5.41, 5.74) is 0. The van der Waals surface area contributed by atoms with E-state index in [2.05, 4.69) is 62.5 Å². The van der Waals surface area contributed by atoms with E-state index in [-0.39, 0.29) is 32.2 Å². The van der Waals surface area contributed by atoms with E-state index in [1.807, 2.05) is 21.1 Å². The van der Waals surface area contributed by atoms with E-state index in [9.17, 15) is 19.5 Å². The van der Waals surface area contributed by atoms with Gasteiger partial charge < -0.3 is 28.5 Å². The standard InChI is InChI=1S/C54H97NO8/c1-6-8-10-12-14-16-18-20-22-24-26-28-30-32-34-36-38-40-42-44-51(56)61-48-50(49-62-54(53(58)59)60-47-46-55(3,4)5)63-52(57)45-43-41-39-37-35-33-31-29-27-25-23-21-19-17-15-13-11-9-7-2/h9,11,15,17,21,23,27,29,50,54H,6-8,10,12-14,16,18-20,22,24-26,28,30-49H2,1-5H3/p+1/b11-9-,17-15-,23-21-,29-27-. The maximum atomic E-state index is 12.8. The molecule has 0 aliphatic heterocycles. The van der Waals surface area contributed by atoms with E-state index < -0.39 is 24.3 Å². The molecule has 0 aromatic carbocycles. The van der Waals surface area contributed by atoms with Crippen LogP contribution in [0.2, 0.25) is 0 Å². The average molecular weight is 889 g/mol. The number of rotatable bonds is 47. The summed E-state index contributed by atoms with van der Waals surface area (Å²) in [4.78, 5) is 37.3. The van der Waals surface area contributed by atoms with Crippen molar-refractivity contribution in [2.75, 3.05) is 47.5 Å². The van der Waals surface area contributed by atoms with Crippen LogP contribution >= 0.6 is 0 Å². The van der Waals surface area contributed by atoms with Crippen molar-refractivity contribution in [2.24, 2.45) is 0 Å². The fraction of sp³-hybridized carbons (Fsp3) is 0.796. The third-order valence-corrected chi connectivity index (χ3v) is 11.1. The molecule has 2 atom stereocenters. The van der Waals surface area contributed by atoms with E-state index in [1.54, 1.807) is 0 Å². The zero-order valence-electron chi connectivity index (χ0n) is 41.5. The Labute approximate surface area is 387 Å². The second-order valence-electron chi connectivity index (χ2n) is 18.5. The Hall–Kier alpha value is -2.75. The van der Waals surface area contributed by atoms with Crippen molar-refractivity contribution in [1.29, 1.82) is 0 Å². The summed E-state index contributed by atoms with van der Waals surface area (Å²) in [6, 6.07) is 0. The summed E-state index contributed by atoms with van der Waals surface area (Å²) in [6.45, 7) is 4.76. The molecule has 0 aromatic rings. The van der Waals surface area contributed by atoms with Crippen molar-refractivity contribution < 1.29 is 42.9 Å². The number of unbranched alkanes of at least 4 members (excludes halogenated alkanes) is 24. The molecule has 0 spiro atoms. The number of ether oxygens (including phenoxy) is 4. The first-order valence-corrected chi connectivity index (χ1v) is 25.8. The van der Waals surface area contributed by atoms with Crippen LogP contribution in [0.25, 0.3) is 0 Å². The zero-order chi connectivity index (χ0) is 46.3. The molecule has 9 heteroatoms. The zero-order valence-corrected chi connectivity index (χ0v) is 41.5. The Bertz CT molecular complexity index is 1170. The third-order valence-electron chi connectivity index (χ3n) is 11.1. The van der Waals surface area contributed by atoms with Crippen LogP contribution < -0.4 is 0 Å². The molecule has 0 bridgehead atoms. The van der Waals surface area contributed by atoms with E-state index in [0.29, 0.717) is 23.9 Å². The topological polar surface area (TPSA) is 108 Å². The number of carboxylic acid groups (broad SMARTS) is 1. The number of hydrogen-bond donors (Lipinski definition) is 1. The minimum absolute atomic E-state index is 0.184. The molecule has 366 valence electrons. The largest absolute Gasteiger partial charge is 0.477 e. The highest BCUT2D eigenvalue weighted by Crippen LogP contribution is 2.16. The van der Waals surface area contributed by atoms with Crippen molar-refractivity contribution in [3.05, 3.63) is 48.6 Å². The van der Waals surface area contributed by atoms with Gasteiger partial charge in [0.15, 0.2) is 6.10 Å². The van der Waals surface area contributed by atoms with E-state index in [0.717, 1.165) is 83.5 Å². The van der Waals surface area contributed by atoms with Gasteiger partial charge in [0.25, 0.3) is 6.29 Å². The van der Waals surface area contributed by atoms with Gasteiger partial charge in [-0.25, -0.2) is 4.79 Å². The predicted octanol–water partition coefficient (Wildman–Crippen LogP) is 14.3. The fourth-order valence-electron chi connectivity index (χ4n) is 7.12. The Kier molecular flexibility index (Phi) is 43.8. The molecule has 0 aromatic heterocycles. The van der Waals surface area contributed by atoms with Gasteiger partial charge in [0, 0.05) is 12.8 Å². The molecular formula is C54H98NO8+. The van der Waals surface area contributed by atoms with Gasteiger partial charge in [-0.05, 0) is 51.4 Å². The van der Waals surface area contributed by atoms with Crippen LogP contribution in [0.3, 0.4) is 0 Å². The third kappa shape index (κ3) is 47.0. The van der Waals surface area contributed by atoms with Gasteiger partial charge in [0.2, 0.25) is 0 Å². The fourth-order valence-corrected chi connectivity index (χ4v) is 7.12. The first-order chi connectivity index (χ1) is 30.6. The number of esters is 2. The minimum atomic E-state index is -1.51. The van der Waals surface area contributed by atoms with E-state index >= 15 is 0 Å². The lowest BCUT2D eigenvalue weighted by Crippen LogP contribution is -2.40. The Morgan fingerprint density at radius 2 is 0.905 bits per heavy atom. The van der Waals surface area contributed by atoms with Crippen LogP contribution in [0.4, 0.5) is 0 Å².